The standard InChI is InChI=1S/C22H23FN4O2.Li/c23-15-4-6-16(7-5-15)27-20-3-1-2-17(22(28)29)21(20)18(25-27)12-24-19-13-26-10-8-14(19)9-11-26;/h1-7,14,19,24H,8-13H2,(H,28,29);/q;+1/p-1/t19-;/m1./s1. The van der Waals surface area contributed by atoms with Gasteiger partial charge in [0.1, 0.15) is 5.82 Å². The van der Waals surface area contributed by atoms with E-state index in [9.17, 15) is 14.3 Å². The van der Waals surface area contributed by atoms with Crippen molar-refractivity contribution in [2.24, 2.45) is 5.92 Å². The Balaban J connectivity index is 0.00000218. The summed E-state index contributed by atoms with van der Waals surface area (Å²) in [7, 11) is 0. The van der Waals surface area contributed by atoms with Gasteiger partial charge >= 0.3 is 18.9 Å². The van der Waals surface area contributed by atoms with Gasteiger partial charge in [-0.1, -0.05) is 12.1 Å². The fraction of sp³-hybridized carbons (Fsp3) is 0.364. The summed E-state index contributed by atoms with van der Waals surface area (Å²) in [6, 6.07) is 11.5. The van der Waals surface area contributed by atoms with E-state index in [0.717, 1.165) is 6.54 Å². The van der Waals surface area contributed by atoms with Crippen LogP contribution >= 0.6 is 0 Å². The van der Waals surface area contributed by atoms with Crippen molar-refractivity contribution in [1.82, 2.24) is 20.0 Å². The first-order valence-electron chi connectivity index (χ1n) is 10.0. The van der Waals surface area contributed by atoms with Crippen molar-refractivity contribution in [2.75, 3.05) is 19.6 Å². The largest absolute Gasteiger partial charge is 1.00 e. The van der Waals surface area contributed by atoms with Crippen LogP contribution < -0.4 is 29.3 Å². The molecule has 6 rings (SSSR count). The molecule has 2 aromatic carbocycles. The Morgan fingerprint density at radius 1 is 1.17 bits per heavy atom. The molecule has 3 aliphatic heterocycles. The molecule has 1 atom stereocenters. The molecule has 1 aromatic heterocycles. The quantitative estimate of drug-likeness (QED) is 0.540. The van der Waals surface area contributed by atoms with E-state index < -0.39 is 5.97 Å². The summed E-state index contributed by atoms with van der Waals surface area (Å²) < 4.78 is 15.0. The molecule has 0 spiro atoms. The third-order valence-corrected chi connectivity index (χ3v) is 6.26. The number of carbonyl (C=O) groups excluding carboxylic acids is 1. The molecule has 3 aromatic rings. The van der Waals surface area contributed by atoms with Gasteiger partial charge in [-0.2, -0.15) is 5.10 Å². The summed E-state index contributed by atoms with van der Waals surface area (Å²) in [5, 5.41) is 20.6. The predicted molar refractivity (Wildman–Crippen MR) is 105 cm³/mol. The molecule has 0 unspecified atom stereocenters. The normalized spacial score (nSPS) is 22.8. The first kappa shape index (κ1) is 21.1. The van der Waals surface area contributed by atoms with Crippen molar-refractivity contribution in [3.05, 3.63) is 59.5 Å². The number of carbonyl (C=O) groups is 1. The molecule has 2 bridgehead atoms. The van der Waals surface area contributed by atoms with Gasteiger partial charge in [0, 0.05) is 30.1 Å². The van der Waals surface area contributed by atoms with Crippen molar-refractivity contribution < 1.29 is 33.2 Å². The number of rotatable bonds is 5. The minimum absolute atomic E-state index is 0. The summed E-state index contributed by atoms with van der Waals surface area (Å²) in [5.74, 6) is -0.894. The van der Waals surface area contributed by atoms with Gasteiger partial charge in [0.2, 0.25) is 0 Å². The van der Waals surface area contributed by atoms with E-state index in [1.165, 1.54) is 38.1 Å². The number of benzene rings is 2. The first-order chi connectivity index (χ1) is 14.1. The summed E-state index contributed by atoms with van der Waals surface area (Å²) in [6.45, 7) is 3.83. The van der Waals surface area contributed by atoms with E-state index in [0.29, 0.717) is 40.8 Å². The van der Waals surface area contributed by atoms with Crippen LogP contribution in [-0.4, -0.2) is 46.3 Å². The van der Waals surface area contributed by atoms with Crippen LogP contribution in [0.3, 0.4) is 0 Å². The predicted octanol–water partition coefficient (Wildman–Crippen LogP) is -1.28. The third kappa shape index (κ3) is 3.79. The van der Waals surface area contributed by atoms with Crippen molar-refractivity contribution in [1.29, 1.82) is 0 Å². The molecule has 3 aliphatic rings. The zero-order valence-corrected chi connectivity index (χ0v) is 17.0. The number of nitrogens with one attached hydrogen (secondary N) is 1. The Morgan fingerprint density at radius 3 is 2.53 bits per heavy atom. The number of piperidine rings is 3. The van der Waals surface area contributed by atoms with Crippen LogP contribution in [0.5, 0.6) is 0 Å². The van der Waals surface area contributed by atoms with E-state index in [1.54, 1.807) is 28.9 Å². The van der Waals surface area contributed by atoms with Crippen molar-refractivity contribution in [3.63, 3.8) is 0 Å². The van der Waals surface area contributed by atoms with Gasteiger partial charge in [-0.3, -0.25) is 0 Å². The maximum atomic E-state index is 13.4. The van der Waals surface area contributed by atoms with Crippen LogP contribution in [0.2, 0.25) is 0 Å². The molecular formula is C22H22FLiN4O2. The molecule has 3 saturated heterocycles. The SMILES string of the molecule is O=C([O-])c1cccc2c1c(CN[C@@H]1CN3CCC1CC3)nn2-c1ccc(F)cc1.[Li+]. The second-order valence-corrected chi connectivity index (χ2v) is 7.95. The van der Waals surface area contributed by atoms with Gasteiger partial charge in [-0.05, 0) is 62.2 Å². The summed E-state index contributed by atoms with van der Waals surface area (Å²) in [4.78, 5) is 14.2. The van der Waals surface area contributed by atoms with Crippen LogP contribution in [0.1, 0.15) is 28.9 Å². The minimum Gasteiger partial charge on any atom is -0.545 e. The molecule has 4 heterocycles. The fourth-order valence-corrected chi connectivity index (χ4v) is 4.74. The van der Waals surface area contributed by atoms with Gasteiger partial charge in [-0.25, -0.2) is 9.07 Å². The number of carboxylic acids is 1. The van der Waals surface area contributed by atoms with Gasteiger partial charge in [-0.15, -0.1) is 0 Å². The van der Waals surface area contributed by atoms with E-state index >= 15 is 0 Å². The number of hydrogen-bond acceptors (Lipinski definition) is 5. The number of aromatic carboxylic acids is 1. The third-order valence-electron chi connectivity index (χ3n) is 6.26. The smallest absolute Gasteiger partial charge is 0.545 e. The monoisotopic (exact) mass is 400 g/mol. The van der Waals surface area contributed by atoms with E-state index in [-0.39, 0.29) is 30.2 Å². The average molecular weight is 400 g/mol. The Kier molecular flexibility index (Phi) is 5.99. The second kappa shape index (κ2) is 8.52. The minimum atomic E-state index is -1.22. The molecule has 6 nitrogen and oxygen atoms in total. The molecular weight excluding hydrogens is 378 g/mol. The fourth-order valence-electron chi connectivity index (χ4n) is 4.74. The number of fused-ring (bicyclic) bond motifs is 4. The van der Waals surface area contributed by atoms with Crippen LogP contribution in [0.15, 0.2) is 42.5 Å². The van der Waals surface area contributed by atoms with Gasteiger partial charge < -0.3 is 20.1 Å². The zero-order chi connectivity index (χ0) is 20.0. The number of nitrogens with zero attached hydrogens (tertiary/aromatic N) is 3. The Bertz CT molecular complexity index is 1060. The Morgan fingerprint density at radius 2 is 1.90 bits per heavy atom. The molecule has 1 N–H and O–H groups in total. The summed E-state index contributed by atoms with van der Waals surface area (Å²) in [6.07, 6.45) is 2.40. The van der Waals surface area contributed by atoms with Crippen molar-refractivity contribution >= 4 is 16.9 Å². The molecule has 8 heteroatoms. The molecule has 0 radical (unpaired) electrons. The topological polar surface area (TPSA) is 73.2 Å². The van der Waals surface area contributed by atoms with E-state index in [2.05, 4.69) is 10.2 Å². The molecule has 3 fully saturated rings. The Hall–Kier alpha value is -2.17. The van der Waals surface area contributed by atoms with E-state index in [1.807, 2.05) is 6.07 Å². The molecule has 150 valence electrons. The Labute approximate surface area is 186 Å². The molecule has 30 heavy (non-hydrogen) atoms. The number of carboxylic acid groups (broad SMARTS) is 1. The summed E-state index contributed by atoms with van der Waals surface area (Å²) in [5.41, 5.74) is 2.15. The number of halogens is 1. The van der Waals surface area contributed by atoms with Gasteiger partial charge in [0.15, 0.2) is 0 Å². The molecule has 0 saturated carbocycles. The van der Waals surface area contributed by atoms with Gasteiger partial charge in [0.05, 0.1) is 22.9 Å². The van der Waals surface area contributed by atoms with Crippen molar-refractivity contribution in [3.8, 4) is 5.69 Å². The maximum Gasteiger partial charge on any atom is 1.00 e. The molecule has 0 aliphatic carbocycles. The van der Waals surface area contributed by atoms with Crippen molar-refractivity contribution in [2.45, 2.75) is 25.4 Å². The average Bonchev–Trinajstić information content (AvgIpc) is 3.12. The number of hydrogen-bond donors (Lipinski definition) is 1. The van der Waals surface area contributed by atoms with Crippen LogP contribution in [0.25, 0.3) is 16.6 Å². The zero-order valence-electron chi connectivity index (χ0n) is 17.0. The first-order valence-corrected chi connectivity index (χ1v) is 10.0. The van der Waals surface area contributed by atoms with Gasteiger partial charge in [0.25, 0.3) is 0 Å². The maximum absolute atomic E-state index is 13.4. The second-order valence-electron chi connectivity index (χ2n) is 7.95. The van der Waals surface area contributed by atoms with E-state index in [4.69, 9.17) is 5.10 Å². The summed E-state index contributed by atoms with van der Waals surface area (Å²) >= 11 is 0. The molecule has 0 amide bonds. The van der Waals surface area contributed by atoms with Crippen LogP contribution in [0.4, 0.5) is 4.39 Å². The number of aromatic nitrogens is 2. The van der Waals surface area contributed by atoms with Crippen LogP contribution in [-0.2, 0) is 6.54 Å². The van der Waals surface area contributed by atoms with Crippen LogP contribution in [0, 0.1) is 11.7 Å².